The van der Waals surface area contributed by atoms with E-state index < -0.39 is 5.97 Å². The number of rotatable bonds is 3. The maximum atomic E-state index is 10.9. The minimum Gasteiger partial charge on any atom is -0.477 e. The first kappa shape index (κ1) is 9.51. The van der Waals surface area contributed by atoms with Gasteiger partial charge in [-0.2, -0.15) is 0 Å². The Balaban J connectivity index is 2.35. The second kappa shape index (κ2) is 3.61. The maximum absolute atomic E-state index is 10.9. The van der Waals surface area contributed by atoms with Crippen molar-refractivity contribution in [1.82, 2.24) is 9.55 Å². The van der Waals surface area contributed by atoms with Gasteiger partial charge in [0.2, 0.25) is 0 Å². The molecule has 1 N–H and O–H groups in total. The Hall–Kier alpha value is -2.04. The number of furan rings is 1. The van der Waals surface area contributed by atoms with Gasteiger partial charge in [0.1, 0.15) is 11.5 Å². The molecule has 0 aliphatic carbocycles. The molecular formula is C10H10N2O3. The Morgan fingerprint density at radius 2 is 2.47 bits per heavy atom. The van der Waals surface area contributed by atoms with E-state index in [0.29, 0.717) is 12.4 Å². The van der Waals surface area contributed by atoms with Crippen molar-refractivity contribution in [2.24, 2.45) is 0 Å². The monoisotopic (exact) mass is 206 g/mol. The number of aryl methyl sites for hydroxylation is 1. The second-order valence-corrected chi connectivity index (χ2v) is 3.21. The Morgan fingerprint density at radius 3 is 3.07 bits per heavy atom. The van der Waals surface area contributed by atoms with Crippen LogP contribution in [0.15, 0.2) is 29.2 Å². The Morgan fingerprint density at radius 1 is 1.67 bits per heavy atom. The van der Waals surface area contributed by atoms with E-state index in [9.17, 15) is 4.79 Å². The third kappa shape index (κ3) is 1.76. The fraction of sp³-hybridized carbons (Fsp3) is 0.200. The molecule has 2 aromatic heterocycles. The summed E-state index contributed by atoms with van der Waals surface area (Å²) in [5.74, 6) is -0.298. The summed E-state index contributed by atoms with van der Waals surface area (Å²) in [5.41, 5.74) is 1.10. The van der Waals surface area contributed by atoms with E-state index in [0.717, 1.165) is 5.56 Å². The van der Waals surface area contributed by atoms with Crippen LogP contribution in [0.25, 0.3) is 0 Å². The van der Waals surface area contributed by atoms with Crippen LogP contribution in [-0.2, 0) is 6.54 Å². The average molecular weight is 206 g/mol. The van der Waals surface area contributed by atoms with E-state index in [4.69, 9.17) is 9.52 Å². The molecule has 78 valence electrons. The van der Waals surface area contributed by atoms with Crippen molar-refractivity contribution in [3.8, 4) is 0 Å². The number of hydrogen-bond acceptors (Lipinski definition) is 3. The smallest absolute Gasteiger partial charge is 0.354 e. The number of aromatic nitrogens is 2. The molecule has 0 aliphatic rings. The van der Waals surface area contributed by atoms with Gasteiger partial charge < -0.3 is 14.1 Å². The highest BCUT2D eigenvalue weighted by Gasteiger charge is 2.13. The fourth-order valence-electron chi connectivity index (χ4n) is 1.40. The van der Waals surface area contributed by atoms with Crippen molar-refractivity contribution in [1.29, 1.82) is 0 Å². The molecule has 0 aliphatic heterocycles. The summed E-state index contributed by atoms with van der Waals surface area (Å²) in [6.07, 6.45) is 4.50. The SMILES string of the molecule is Cc1ncc(C(=O)O)n1Cc1ccoc1. The molecule has 0 unspecified atom stereocenters. The van der Waals surface area contributed by atoms with Crippen LogP contribution in [0.2, 0.25) is 0 Å². The van der Waals surface area contributed by atoms with Crippen molar-refractivity contribution in [3.05, 3.63) is 41.9 Å². The van der Waals surface area contributed by atoms with Gasteiger partial charge in [0, 0.05) is 5.56 Å². The lowest BCUT2D eigenvalue weighted by Crippen LogP contribution is -2.10. The van der Waals surface area contributed by atoms with Crippen molar-refractivity contribution >= 4 is 5.97 Å². The van der Waals surface area contributed by atoms with Gasteiger partial charge in [-0.15, -0.1) is 0 Å². The summed E-state index contributed by atoms with van der Waals surface area (Å²) >= 11 is 0. The number of aromatic carboxylic acids is 1. The largest absolute Gasteiger partial charge is 0.477 e. The van der Waals surface area contributed by atoms with Gasteiger partial charge in [-0.3, -0.25) is 0 Å². The molecule has 0 saturated carbocycles. The first-order chi connectivity index (χ1) is 7.18. The van der Waals surface area contributed by atoms with E-state index in [1.54, 1.807) is 30.1 Å². The van der Waals surface area contributed by atoms with Gasteiger partial charge in [-0.25, -0.2) is 9.78 Å². The standard InChI is InChI=1S/C10H10N2O3/c1-7-11-4-9(10(13)14)12(7)5-8-2-3-15-6-8/h2-4,6H,5H2,1H3,(H,13,14). The zero-order valence-electron chi connectivity index (χ0n) is 8.17. The predicted octanol–water partition coefficient (Wildman–Crippen LogP) is 1.53. The molecule has 2 heterocycles. The Kier molecular flexibility index (Phi) is 2.29. The van der Waals surface area contributed by atoms with E-state index in [1.807, 2.05) is 0 Å². The van der Waals surface area contributed by atoms with Crippen LogP contribution < -0.4 is 0 Å². The summed E-state index contributed by atoms with van der Waals surface area (Å²) in [6, 6.07) is 1.80. The topological polar surface area (TPSA) is 68.3 Å². The molecule has 0 spiro atoms. The molecule has 2 rings (SSSR count). The van der Waals surface area contributed by atoms with Gasteiger partial charge in [0.25, 0.3) is 0 Å². The number of hydrogen-bond donors (Lipinski definition) is 1. The van der Waals surface area contributed by atoms with E-state index in [-0.39, 0.29) is 5.69 Å². The molecule has 0 atom stereocenters. The first-order valence-electron chi connectivity index (χ1n) is 4.45. The van der Waals surface area contributed by atoms with Gasteiger partial charge in [-0.1, -0.05) is 0 Å². The van der Waals surface area contributed by atoms with Gasteiger partial charge in [0.05, 0.1) is 25.3 Å². The van der Waals surface area contributed by atoms with E-state index in [1.165, 1.54) is 6.20 Å². The summed E-state index contributed by atoms with van der Waals surface area (Å²) in [6.45, 7) is 2.23. The molecule has 0 radical (unpaired) electrons. The molecule has 0 fully saturated rings. The zero-order valence-corrected chi connectivity index (χ0v) is 8.17. The molecule has 15 heavy (non-hydrogen) atoms. The van der Waals surface area contributed by atoms with Crippen LogP contribution in [0.5, 0.6) is 0 Å². The third-order valence-corrected chi connectivity index (χ3v) is 2.20. The molecule has 0 saturated heterocycles. The van der Waals surface area contributed by atoms with Gasteiger partial charge >= 0.3 is 5.97 Å². The Labute approximate surface area is 86.0 Å². The second-order valence-electron chi connectivity index (χ2n) is 3.21. The molecule has 2 aromatic rings. The van der Waals surface area contributed by atoms with Crippen LogP contribution in [0, 0.1) is 6.92 Å². The number of imidazole rings is 1. The van der Waals surface area contributed by atoms with E-state index in [2.05, 4.69) is 4.98 Å². The van der Waals surface area contributed by atoms with Crippen molar-refractivity contribution < 1.29 is 14.3 Å². The molecule has 5 heteroatoms. The molecule has 0 bridgehead atoms. The lowest BCUT2D eigenvalue weighted by Gasteiger charge is -2.05. The van der Waals surface area contributed by atoms with Crippen molar-refractivity contribution in [2.45, 2.75) is 13.5 Å². The fourth-order valence-corrected chi connectivity index (χ4v) is 1.40. The highest BCUT2D eigenvalue weighted by Crippen LogP contribution is 2.10. The highest BCUT2D eigenvalue weighted by atomic mass is 16.4. The lowest BCUT2D eigenvalue weighted by molar-refractivity contribution is 0.0685. The minimum atomic E-state index is -0.973. The Bertz CT molecular complexity index is 471. The van der Waals surface area contributed by atoms with Crippen LogP contribution >= 0.6 is 0 Å². The van der Waals surface area contributed by atoms with Crippen LogP contribution in [0.1, 0.15) is 21.9 Å². The van der Waals surface area contributed by atoms with Gasteiger partial charge in [-0.05, 0) is 13.0 Å². The zero-order chi connectivity index (χ0) is 10.8. The third-order valence-electron chi connectivity index (χ3n) is 2.20. The number of carboxylic acid groups (broad SMARTS) is 1. The summed E-state index contributed by atoms with van der Waals surface area (Å²) in [7, 11) is 0. The van der Waals surface area contributed by atoms with Crippen molar-refractivity contribution in [3.63, 3.8) is 0 Å². The minimum absolute atomic E-state index is 0.189. The van der Waals surface area contributed by atoms with Crippen LogP contribution in [-0.4, -0.2) is 20.6 Å². The quantitative estimate of drug-likeness (QED) is 0.826. The number of carbonyl (C=O) groups is 1. The lowest BCUT2D eigenvalue weighted by atomic mass is 10.3. The van der Waals surface area contributed by atoms with Crippen LogP contribution in [0.4, 0.5) is 0 Å². The summed E-state index contributed by atoms with van der Waals surface area (Å²) < 4.78 is 6.55. The first-order valence-corrected chi connectivity index (χ1v) is 4.45. The number of nitrogens with zero attached hydrogens (tertiary/aromatic N) is 2. The highest BCUT2D eigenvalue weighted by molar-refractivity contribution is 5.85. The maximum Gasteiger partial charge on any atom is 0.354 e. The van der Waals surface area contributed by atoms with Gasteiger partial charge in [0.15, 0.2) is 0 Å². The molecule has 5 nitrogen and oxygen atoms in total. The van der Waals surface area contributed by atoms with E-state index >= 15 is 0 Å². The molecule has 0 amide bonds. The summed E-state index contributed by atoms with van der Waals surface area (Å²) in [4.78, 5) is 14.8. The molecule has 0 aromatic carbocycles. The normalized spacial score (nSPS) is 10.5. The summed E-state index contributed by atoms with van der Waals surface area (Å²) in [5, 5.41) is 8.92. The average Bonchev–Trinajstić information content (AvgIpc) is 2.78. The molecular weight excluding hydrogens is 196 g/mol. The van der Waals surface area contributed by atoms with Crippen LogP contribution in [0.3, 0.4) is 0 Å². The predicted molar refractivity (Wildman–Crippen MR) is 51.7 cm³/mol. The number of carboxylic acids is 1. The van der Waals surface area contributed by atoms with Crippen molar-refractivity contribution in [2.75, 3.05) is 0 Å².